The Kier molecular flexibility index (Phi) is 7.85. The molecule has 0 heterocycles. The van der Waals surface area contributed by atoms with E-state index in [1.165, 1.54) is 0 Å². The monoisotopic (exact) mass is 419 g/mol. The molecule has 0 aromatic heterocycles. The van der Waals surface area contributed by atoms with Crippen molar-refractivity contribution in [1.82, 2.24) is 0 Å². The molecule has 0 aliphatic rings. The SMILES string of the molecule is Cc1cc(N(c2ccc(CCO)c(C)c2)c2ccc(CCO)c(C)c2)ccc1CCO. The van der Waals surface area contributed by atoms with Gasteiger partial charge in [-0.15, -0.1) is 0 Å². The fourth-order valence-corrected chi connectivity index (χ4v) is 4.11. The van der Waals surface area contributed by atoms with E-state index in [0.29, 0.717) is 19.3 Å². The molecule has 3 aromatic carbocycles. The fraction of sp³-hybridized carbons (Fsp3) is 0.333. The van der Waals surface area contributed by atoms with Crippen molar-refractivity contribution < 1.29 is 15.3 Å². The maximum atomic E-state index is 9.33. The zero-order valence-corrected chi connectivity index (χ0v) is 18.7. The Labute approximate surface area is 185 Å². The Bertz CT molecular complexity index is 897. The molecule has 31 heavy (non-hydrogen) atoms. The third-order valence-corrected chi connectivity index (χ3v) is 5.90. The van der Waals surface area contributed by atoms with Crippen molar-refractivity contribution in [2.45, 2.75) is 40.0 Å². The van der Waals surface area contributed by atoms with Crippen LogP contribution in [0.2, 0.25) is 0 Å². The molecule has 0 radical (unpaired) electrons. The van der Waals surface area contributed by atoms with Crippen molar-refractivity contribution in [2.24, 2.45) is 0 Å². The summed E-state index contributed by atoms with van der Waals surface area (Å²) in [7, 11) is 0. The summed E-state index contributed by atoms with van der Waals surface area (Å²) in [6.45, 7) is 6.66. The summed E-state index contributed by atoms with van der Waals surface area (Å²) in [5.41, 5.74) is 10.1. The minimum Gasteiger partial charge on any atom is -0.396 e. The molecular weight excluding hydrogens is 386 g/mol. The summed E-state index contributed by atoms with van der Waals surface area (Å²) in [6, 6.07) is 19.1. The van der Waals surface area contributed by atoms with Crippen molar-refractivity contribution >= 4 is 17.1 Å². The number of aliphatic hydroxyl groups excluding tert-OH is 3. The lowest BCUT2D eigenvalue weighted by atomic mass is 10.0. The van der Waals surface area contributed by atoms with Crippen molar-refractivity contribution in [3.8, 4) is 0 Å². The van der Waals surface area contributed by atoms with E-state index in [1.54, 1.807) is 0 Å². The predicted molar refractivity (Wildman–Crippen MR) is 128 cm³/mol. The molecule has 0 spiro atoms. The molecule has 0 aliphatic carbocycles. The van der Waals surface area contributed by atoms with Gasteiger partial charge in [0.25, 0.3) is 0 Å². The van der Waals surface area contributed by atoms with Crippen LogP contribution in [0.25, 0.3) is 0 Å². The first-order valence-corrected chi connectivity index (χ1v) is 10.9. The normalized spacial score (nSPS) is 11.0. The van der Waals surface area contributed by atoms with Crippen molar-refractivity contribution in [1.29, 1.82) is 0 Å². The molecule has 3 N–H and O–H groups in total. The standard InChI is InChI=1S/C27H33NO3/c1-19-16-25(7-4-22(19)10-13-29)28(26-8-5-23(11-14-30)20(2)17-26)27-9-6-24(12-15-31)21(3)18-27/h4-9,16-18,29-31H,10-15H2,1-3H3. The van der Waals surface area contributed by atoms with Gasteiger partial charge in [-0.05, 0) is 110 Å². The summed E-state index contributed by atoms with van der Waals surface area (Å²) in [5.74, 6) is 0. The Morgan fingerprint density at radius 1 is 0.516 bits per heavy atom. The first kappa shape index (κ1) is 23.0. The van der Waals surface area contributed by atoms with Crippen LogP contribution in [0.4, 0.5) is 17.1 Å². The molecular formula is C27H33NO3. The van der Waals surface area contributed by atoms with Crippen LogP contribution in [0.15, 0.2) is 54.6 Å². The molecule has 164 valence electrons. The molecule has 0 fully saturated rings. The molecule has 0 amide bonds. The lowest BCUT2D eigenvalue weighted by Gasteiger charge is -2.28. The molecule has 4 heteroatoms. The van der Waals surface area contributed by atoms with Gasteiger partial charge in [0.05, 0.1) is 0 Å². The highest BCUT2D eigenvalue weighted by atomic mass is 16.3. The third-order valence-electron chi connectivity index (χ3n) is 5.90. The Morgan fingerprint density at radius 3 is 1.03 bits per heavy atom. The van der Waals surface area contributed by atoms with Crippen LogP contribution in [0, 0.1) is 20.8 Å². The average molecular weight is 420 g/mol. The number of rotatable bonds is 9. The minimum absolute atomic E-state index is 0.140. The van der Waals surface area contributed by atoms with E-state index in [0.717, 1.165) is 50.4 Å². The second-order valence-electron chi connectivity index (χ2n) is 8.09. The van der Waals surface area contributed by atoms with Gasteiger partial charge in [-0.25, -0.2) is 0 Å². The number of aryl methyl sites for hydroxylation is 3. The highest BCUT2D eigenvalue weighted by Gasteiger charge is 2.16. The predicted octanol–water partition coefficient (Wildman–Crippen LogP) is 4.69. The Balaban J connectivity index is 2.11. The molecule has 0 atom stereocenters. The maximum absolute atomic E-state index is 9.33. The molecule has 3 aromatic rings. The van der Waals surface area contributed by atoms with E-state index >= 15 is 0 Å². The molecule has 0 saturated heterocycles. The number of nitrogens with zero attached hydrogens (tertiary/aromatic N) is 1. The summed E-state index contributed by atoms with van der Waals surface area (Å²) < 4.78 is 0. The molecule has 4 nitrogen and oxygen atoms in total. The van der Waals surface area contributed by atoms with Crippen molar-refractivity contribution in [2.75, 3.05) is 24.7 Å². The van der Waals surface area contributed by atoms with Gasteiger partial charge in [0.2, 0.25) is 0 Å². The molecule has 0 saturated carbocycles. The van der Waals surface area contributed by atoms with Crippen molar-refractivity contribution in [3.05, 3.63) is 88.0 Å². The van der Waals surface area contributed by atoms with Gasteiger partial charge in [0.1, 0.15) is 0 Å². The van der Waals surface area contributed by atoms with Gasteiger partial charge in [0, 0.05) is 36.9 Å². The fourth-order valence-electron chi connectivity index (χ4n) is 4.11. The highest BCUT2D eigenvalue weighted by molar-refractivity contribution is 5.78. The Hall–Kier alpha value is -2.66. The minimum atomic E-state index is 0.140. The summed E-state index contributed by atoms with van der Waals surface area (Å²) in [6.07, 6.45) is 1.95. The number of aliphatic hydroxyl groups is 3. The first-order chi connectivity index (χ1) is 15.0. The summed E-state index contributed by atoms with van der Waals surface area (Å²) >= 11 is 0. The van der Waals surface area contributed by atoms with E-state index in [9.17, 15) is 15.3 Å². The zero-order valence-electron chi connectivity index (χ0n) is 18.7. The summed E-state index contributed by atoms with van der Waals surface area (Å²) in [4.78, 5) is 2.24. The van der Waals surface area contributed by atoms with Crippen LogP contribution in [-0.2, 0) is 19.3 Å². The topological polar surface area (TPSA) is 63.9 Å². The van der Waals surface area contributed by atoms with E-state index in [-0.39, 0.29) is 19.8 Å². The second kappa shape index (κ2) is 10.6. The van der Waals surface area contributed by atoms with E-state index in [1.807, 2.05) is 0 Å². The van der Waals surface area contributed by atoms with Gasteiger partial charge >= 0.3 is 0 Å². The van der Waals surface area contributed by atoms with E-state index in [4.69, 9.17) is 0 Å². The van der Waals surface area contributed by atoms with Gasteiger partial charge < -0.3 is 20.2 Å². The van der Waals surface area contributed by atoms with Gasteiger partial charge in [-0.3, -0.25) is 0 Å². The molecule has 3 rings (SSSR count). The summed E-state index contributed by atoms with van der Waals surface area (Å²) in [5, 5.41) is 28.0. The van der Waals surface area contributed by atoms with Crippen LogP contribution in [-0.4, -0.2) is 35.1 Å². The van der Waals surface area contributed by atoms with Crippen LogP contribution in [0.5, 0.6) is 0 Å². The number of anilines is 3. The maximum Gasteiger partial charge on any atom is 0.0471 e. The van der Waals surface area contributed by atoms with E-state index in [2.05, 4.69) is 80.3 Å². The van der Waals surface area contributed by atoms with Crippen LogP contribution >= 0.6 is 0 Å². The lowest BCUT2D eigenvalue weighted by Crippen LogP contribution is -2.12. The van der Waals surface area contributed by atoms with Gasteiger partial charge in [0.15, 0.2) is 0 Å². The van der Waals surface area contributed by atoms with Gasteiger partial charge in [-0.2, -0.15) is 0 Å². The quantitative estimate of drug-likeness (QED) is 0.471. The smallest absolute Gasteiger partial charge is 0.0471 e. The number of benzene rings is 3. The van der Waals surface area contributed by atoms with Crippen LogP contribution < -0.4 is 4.90 Å². The van der Waals surface area contributed by atoms with E-state index < -0.39 is 0 Å². The first-order valence-electron chi connectivity index (χ1n) is 10.9. The number of hydrogen-bond acceptors (Lipinski definition) is 4. The molecule has 0 unspecified atom stereocenters. The highest BCUT2D eigenvalue weighted by Crippen LogP contribution is 2.37. The van der Waals surface area contributed by atoms with Crippen LogP contribution in [0.3, 0.4) is 0 Å². The van der Waals surface area contributed by atoms with Crippen LogP contribution in [0.1, 0.15) is 33.4 Å². The average Bonchev–Trinajstić information content (AvgIpc) is 2.74. The lowest BCUT2D eigenvalue weighted by molar-refractivity contribution is 0.299. The molecule has 0 bridgehead atoms. The molecule has 0 aliphatic heterocycles. The largest absolute Gasteiger partial charge is 0.396 e. The number of hydrogen-bond donors (Lipinski definition) is 3. The Morgan fingerprint density at radius 2 is 0.806 bits per heavy atom. The second-order valence-corrected chi connectivity index (χ2v) is 8.09. The van der Waals surface area contributed by atoms with Crippen molar-refractivity contribution in [3.63, 3.8) is 0 Å². The van der Waals surface area contributed by atoms with Gasteiger partial charge in [-0.1, -0.05) is 18.2 Å². The third kappa shape index (κ3) is 5.34. The zero-order chi connectivity index (χ0) is 22.4.